The van der Waals surface area contributed by atoms with Crippen molar-refractivity contribution in [3.63, 3.8) is 0 Å². The van der Waals surface area contributed by atoms with E-state index in [9.17, 15) is 9.90 Å². The van der Waals surface area contributed by atoms with Gasteiger partial charge >= 0.3 is 0 Å². The minimum atomic E-state index is -0.504. The number of pyridine rings is 1. The van der Waals surface area contributed by atoms with E-state index in [1.165, 1.54) is 0 Å². The van der Waals surface area contributed by atoms with E-state index in [0.29, 0.717) is 35.4 Å². The van der Waals surface area contributed by atoms with Crippen LogP contribution in [0.15, 0.2) is 23.0 Å². The molecule has 23 heavy (non-hydrogen) atoms. The molecular formula is C16H19ClN4O2. The van der Waals surface area contributed by atoms with Crippen molar-refractivity contribution in [3.8, 4) is 0 Å². The first-order chi connectivity index (χ1) is 11.0. The molecule has 2 aromatic heterocycles. The van der Waals surface area contributed by atoms with Gasteiger partial charge in [0.25, 0.3) is 5.56 Å². The summed E-state index contributed by atoms with van der Waals surface area (Å²) in [6.07, 6.45) is -0.0173. The number of aryl methyl sites for hydroxylation is 2. The summed E-state index contributed by atoms with van der Waals surface area (Å²) >= 11 is 6.11. The van der Waals surface area contributed by atoms with Crippen LogP contribution in [-0.4, -0.2) is 39.6 Å². The van der Waals surface area contributed by atoms with Crippen LogP contribution < -0.4 is 10.9 Å². The lowest BCUT2D eigenvalue weighted by Gasteiger charge is -2.14. The zero-order valence-corrected chi connectivity index (χ0v) is 13.8. The third kappa shape index (κ3) is 2.85. The number of nitrogens with one attached hydrogen (secondary N) is 2. The second-order valence-corrected chi connectivity index (χ2v) is 6.13. The molecule has 3 rings (SSSR count). The van der Waals surface area contributed by atoms with Gasteiger partial charge in [-0.3, -0.25) is 9.89 Å². The number of halogens is 1. The second kappa shape index (κ2) is 6.31. The van der Waals surface area contributed by atoms with E-state index in [1.807, 2.05) is 19.1 Å². The fraction of sp³-hybridized carbons (Fsp3) is 0.375. The maximum Gasteiger partial charge on any atom is 0.262 e. The van der Waals surface area contributed by atoms with Gasteiger partial charge in [0.1, 0.15) is 5.52 Å². The van der Waals surface area contributed by atoms with E-state index in [4.69, 9.17) is 11.6 Å². The van der Waals surface area contributed by atoms with Gasteiger partial charge in [-0.1, -0.05) is 11.6 Å². The van der Waals surface area contributed by atoms with Gasteiger partial charge in [0, 0.05) is 29.2 Å². The number of hydrogen-bond donors (Lipinski definition) is 3. The molecule has 0 aliphatic rings. The summed E-state index contributed by atoms with van der Waals surface area (Å²) in [4.78, 5) is 12.9. The second-order valence-electron chi connectivity index (χ2n) is 5.69. The molecule has 1 atom stereocenters. The molecule has 6 nitrogen and oxygen atoms in total. The Morgan fingerprint density at radius 2 is 2.26 bits per heavy atom. The van der Waals surface area contributed by atoms with Crippen molar-refractivity contribution in [2.24, 2.45) is 0 Å². The monoisotopic (exact) mass is 334 g/mol. The van der Waals surface area contributed by atoms with Gasteiger partial charge in [0.05, 0.1) is 17.0 Å². The predicted molar refractivity (Wildman–Crippen MR) is 92.2 cm³/mol. The Hall–Kier alpha value is -1.89. The minimum absolute atomic E-state index is 0.0993. The summed E-state index contributed by atoms with van der Waals surface area (Å²) in [7, 11) is 1.79. The van der Waals surface area contributed by atoms with Crippen LogP contribution in [0.5, 0.6) is 0 Å². The Bertz CT molecular complexity index is 916. The van der Waals surface area contributed by atoms with Gasteiger partial charge in [0.2, 0.25) is 0 Å². The van der Waals surface area contributed by atoms with Crippen LogP contribution in [0.1, 0.15) is 12.1 Å². The summed E-state index contributed by atoms with van der Waals surface area (Å²) in [5.41, 5.74) is 2.04. The number of likely N-dealkylation sites (N-methyl/N-ethyl adjacent to an activating group) is 1. The fourth-order valence-electron chi connectivity index (χ4n) is 2.90. The largest absolute Gasteiger partial charge is 0.392 e. The number of rotatable bonds is 5. The quantitative estimate of drug-likeness (QED) is 0.664. The lowest BCUT2D eigenvalue weighted by atomic mass is 10.1. The molecule has 1 aromatic carbocycles. The number of hydrogen-bond acceptors (Lipinski definition) is 4. The van der Waals surface area contributed by atoms with Crippen LogP contribution in [0, 0.1) is 6.92 Å². The Morgan fingerprint density at radius 3 is 3.00 bits per heavy atom. The summed E-state index contributed by atoms with van der Waals surface area (Å²) in [5, 5.41) is 22.0. The van der Waals surface area contributed by atoms with E-state index in [0.717, 1.165) is 16.6 Å². The zero-order valence-electron chi connectivity index (χ0n) is 13.1. The van der Waals surface area contributed by atoms with Gasteiger partial charge in [-0.05, 0) is 38.6 Å². The summed E-state index contributed by atoms with van der Waals surface area (Å²) in [5.74, 6) is 0. The molecule has 7 heteroatoms. The number of aliphatic hydroxyl groups excluding tert-OH is 1. The van der Waals surface area contributed by atoms with Crippen LogP contribution in [0.2, 0.25) is 5.02 Å². The van der Waals surface area contributed by atoms with Gasteiger partial charge in [-0.2, -0.15) is 5.10 Å². The smallest absolute Gasteiger partial charge is 0.262 e. The van der Waals surface area contributed by atoms with Crippen molar-refractivity contribution < 1.29 is 5.11 Å². The number of aliphatic hydroxyl groups is 1. The number of aromatic amines is 1. The maximum absolute atomic E-state index is 12.9. The molecule has 0 saturated carbocycles. The predicted octanol–water partition coefficient (Wildman–Crippen LogP) is 1.81. The van der Waals surface area contributed by atoms with Crippen molar-refractivity contribution in [1.29, 1.82) is 0 Å². The van der Waals surface area contributed by atoms with Crippen molar-refractivity contribution >= 4 is 33.4 Å². The lowest BCUT2D eigenvalue weighted by molar-refractivity contribution is 0.158. The fourth-order valence-corrected chi connectivity index (χ4v) is 3.07. The van der Waals surface area contributed by atoms with Gasteiger partial charge in [-0.25, -0.2) is 0 Å². The van der Waals surface area contributed by atoms with E-state index in [-0.39, 0.29) is 5.56 Å². The molecule has 0 amide bonds. The Morgan fingerprint density at radius 1 is 1.48 bits per heavy atom. The van der Waals surface area contributed by atoms with Gasteiger partial charge in [-0.15, -0.1) is 0 Å². The van der Waals surface area contributed by atoms with Crippen LogP contribution in [-0.2, 0) is 6.54 Å². The highest BCUT2D eigenvalue weighted by atomic mass is 35.5. The highest BCUT2D eigenvalue weighted by Gasteiger charge is 2.16. The van der Waals surface area contributed by atoms with Gasteiger partial charge in [0.15, 0.2) is 0 Å². The van der Waals surface area contributed by atoms with E-state index in [1.54, 1.807) is 17.7 Å². The molecule has 1 unspecified atom stereocenters. The highest BCUT2D eigenvalue weighted by molar-refractivity contribution is 6.31. The van der Waals surface area contributed by atoms with Crippen LogP contribution in [0.25, 0.3) is 21.8 Å². The number of H-pyrrole nitrogens is 1. The third-order valence-corrected chi connectivity index (χ3v) is 4.27. The maximum atomic E-state index is 12.9. The van der Waals surface area contributed by atoms with Crippen LogP contribution in [0.3, 0.4) is 0 Å². The standard InChI is InChI=1S/C16H19ClN4O2/c1-9-14-15(20-19-9)12-7-10(17)3-4-13(12)21(16(14)23)6-5-11(22)8-18-2/h3-4,7,11,18,22H,5-6,8H2,1-2H3,(H,19,20). The van der Waals surface area contributed by atoms with E-state index >= 15 is 0 Å². The first-order valence-corrected chi connectivity index (χ1v) is 7.90. The average molecular weight is 335 g/mol. The Kier molecular flexibility index (Phi) is 4.39. The third-order valence-electron chi connectivity index (χ3n) is 4.04. The first-order valence-electron chi connectivity index (χ1n) is 7.52. The molecule has 122 valence electrons. The molecule has 0 fully saturated rings. The molecule has 0 bridgehead atoms. The first kappa shape index (κ1) is 16.0. The number of fused-ring (bicyclic) bond motifs is 3. The molecule has 0 aliphatic carbocycles. The number of nitrogens with zero attached hydrogens (tertiary/aromatic N) is 2. The lowest BCUT2D eigenvalue weighted by Crippen LogP contribution is -2.28. The van der Waals surface area contributed by atoms with Crippen molar-refractivity contribution in [2.75, 3.05) is 13.6 Å². The molecule has 0 spiro atoms. The number of benzene rings is 1. The molecule has 0 radical (unpaired) electrons. The van der Waals surface area contributed by atoms with Gasteiger partial charge < -0.3 is 15.0 Å². The average Bonchev–Trinajstić information content (AvgIpc) is 2.90. The highest BCUT2D eigenvalue weighted by Crippen LogP contribution is 2.25. The molecule has 3 aromatic rings. The van der Waals surface area contributed by atoms with E-state index < -0.39 is 6.10 Å². The van der Waals surface area contributed by atoms with Crippen LogP contribution in [0.4, 0.5) is 0 Å². The summed E-state index contributed by atoms with van der Waals surface area (Å²) in [6, 6.07) is 5.40. The summed E-state index contributed by atoms with van der Waals surface area (Å²) < 4.78 is 1.69. The molecular weight excluding hydrogens is 316 g/mol. The summed E-state index contributed by atoms with van der Waals surface area (Å²) in [6.45, 7) is 2.75. The molecule has 2 heterocycles. The van der Waals surface area contributed by atoms with E-state index in [2.05, 4.69) is 15.5 Å². The Balaban J connectivity index is 2.19. The van der Waals surface area contributed by atoms with Crippen molar-refractivity contribution in [1.82, 2.24) is 20.1 Å². The topological polar surface area (TPSA) is 82.9 Å². The van der Waals surface area contributed by atoms with Crippen molar-refractivity contribution in [2.45, 2.75) is 26.0 Å². The van der Waals surface area contributed by atoms with Crippen LogP contribution >= 0.6 is 11.6 Å². The molecule has 3 N–H and O–H groups in total. The molecule has 0 aliphatic heterocycles. The van der Waals surface area contributed by atoms with Crippen molar-refractivity contribution in [3.05, 3.63) is 39.3 Å². The Labute approximate surface area is 138 Å². The number of aromatic nitrogens is 3. The minimum Gasteiger partial charge on any atom is -0.392 e. The normalized spacial score (nSPS) is 13.0. The molecule has 0 saturated heterocycles. The SMILES string of the molecule is CNCC(O)CCn1c(=O)c2c(C)[nH]nc2c2cc(Cl)ccc21. The zero-order chi connectivity index (χ0) is 16.6.